The molecule has 1 aliphatic rings. The first-order valence-electron chi connectivity index (χ1n) is 9.96. The number of amides is 2. The Morgan fingerprint density at radius 2 is 1.61 bits per heavy atom. The fraction of sp³-hybridized carbons (Fsp3) is 0.391. The molecule has 28 heavy (non-hydrogen) atoms. The van der Waals surface area contributed by atoms with E-state index >= 15 is 0 Å². The minimum absolute atomic E-state index is 0.0548. The maximum absolute atomic E-state index is 12.4. The van der Waals surface area contributed by atoms with Crippen LogP contribution in [-0.4, -0.2) is 24.0 Å². The van der Waals surface area contributed by atoms with Gasteiger partial charge in [0, 0.05) is 17.3 Å². The third-order valence-electron chi connectivity index (χ3n) is 5.06. The van der Waals surface area contributed by atoms with Crippen LogP contribution in [0.15, 0.2) is 48.5 Å². The molecule has 1 fully saturated rings. The van der Waals surface area contributed by atoms with Crippen molar-refractivity contribution in [1.29, 1.82) is 0 Å². The Labute approximate surface area is 166 Å². The molecule has 0 bridgehead atoms. The zero-order valence-electron chi connectivity index (χ0n) is 16.5. The van der Waals surface area contributed by atoms with E-state index in [1.54, 1.807) is 31.2 Å². The third kappa shape index (κ3) is 5.59. The summed E-state index contributed by atoms with van der Waals surface area (Å²) < 4.78 is 5.67. The molecule has 2 amide bonds. The topological polar surface area (TPSA) is 67.4 Å². The molecule has 3 rings (SSSR count). The molecule has 1 aliphatic carbocycles. The largest absolute Gasteiger partial charge is 0.481 e. The Bertz CT molecular complexity index is 794. The Hall–Kier alpha value is -2.82. The molecule has 2 aromatic rings. The van der Waals surface area contributed by atoms with Crippen LogP contribution in [0.1, 0.15) is 54.9 Å². The fourth-order valence-corrected chi connectivity index (χ4v) is 3.34. The normalized spacial score (nSPS) is 15.5. The lowest BCUT2D eigenvalue weighted by Crippen LogP contribution is -2.36. The van der Waals surface area contributed by atoms with Gasteiger partial charge in [-0.2, -0.15) is 0 Å². The van der Waals surface area contributed by atoms with Crippen molar-refractivity contribution in [3.63, 3.8) is 0 Å². The number of rotatable bonds is 6. The lowest BCUT2D eigenvalue weighted by molar-refractivity contribution is -0.122. The van der Waals surface area contributed by atoms with Gasteiger partial charge in [0.15, 0.2) is 6.10 Å². The number of nitrogens with one attached hydrogen (secondary N) is 2. The van der Waals surface area contributed by atoms with Gasteiger partial charge in [-0.1, -0.05) is 37.0 Å². The summed E-state index contributed by atoms with van der Waals surface area (Å²) in [6.45, 7) is 3.71. The Morgan fingerprint density at radius 3 is 2.25 bits per heavy atom. The van der Waals surface area contributed by atoms with E-state index in [9.17, 15) is 9.59 Å². The van der Waals surface area contributed by atoms with E-state index in [2.05, 4.69) is 10.6 Å². The van der Waals surface area contributed by atoms with Crippen molar-refractivity contribution in [2.75, 3.05) is 5.32 Å². The van der Waals surface area contributed by atoms with Crippen LogP contribution in [0.4, 0.5) is 5.69 Å². The van der Waals surface area contributed by atoms with E-state index in [0.717, 1.165) is 18.4 Å². The van der Waals surface area contributed by atoms with Gasteiger partial charge in [-0.25, -0.2) is 0 Å². The molecule has 0 radical (unpaired) electrons. The highest BCUT2D eigenvalue weighted by atomic mass is 16.5. The van der Waals surface area contributed by atoms with E-state index in [0.29, 0.717) is 17.0 Å². The number of carbonyl (C=O) groups is 2. The van der Waals surface area contributed by atoms with Crippen LogP contribution >= 0.6 is 0 Å². The monoisotopic (exact) mass is 380 g/mol. The van der Waals surface area contributed by atoms with Crippen molar-refractivity contribution < 1.29 is 14.3 Å². The summed E-state index contributed by atoms with van der Waals surface area (Å²) in [5.41, 5.74) is 2.38. The molecule has 5 heteroatoms. The Morgan fingerprint density at radius 1 is 0.964 bits per heavy atom. The summed E-state index contributed by atoms with van der Waals surface area (Å²) in [5, 5.41) is 5.92. The van der Waals surface area contributed by atoms with E-state index in [-0.39, 0.29) is 17.9 Å². The number of benzene rings is 2. The van der Waals surface area contributed by atoms with Gasteiger partial charge in [0.1, 0.15) is 5.75 Å². The Balaban J connectivity index is 1.51. The van der Waals surface area contributed by atoms with E-state index in [1.165, 1.54) is 19.3 Å². The molecular formula is C23H28N2O3. The van der Waals surface area contributed by atoms with Crippen molar-refractivity contribution in [1.82, 2.24) is 5.32 Å². The Kier molecular flexibility index (Phi) is 6.69. The van der Waals surface area contributed by atoms with Crippen molar-refractivity contribution in [2.45, 2.75) is 58.1 Å². The predicted molar refractivity (Wildman–Crippen MR) is 111 cm³/mol. The van der Waals surface area contributed by atoms with Gasteiger partial charge in [0.2, 0.25) is 0 Å². The molecule has 1 atom stereocenters. The second-order valence-corrected chi connectivity index (χ2v) is 7.45. The third-order valence-corrected chi connectivity index (χ3v) is 5.06. The van der Waals surface area contributed by atoms with Gasteiger partial charge in [-0.15, -0.1) is 0 Å². The molecule has 0 spiro atoms. The zero-order valence-corrected chi connectivity index (χ0v) is 16.5. The highest BCUT2D eigenvalue weighted by Gasteiger charge is 2.17. The smallest absolute Gasteiger partial charge is 0.265 e. The van der Waals surface area contributed by atoms with Gasteiger partial charge >= 0.3 is 0 Å². The molecular weight excluding hydrogens is 352 g/mol. The summed E-state index contributed by atoms with van der Waals surface area (Å²) in [6, 6.07) is 14.8. The molecule has 2 aromatic carbocycles. The molecule has 0 aromatic heterocycles. The summed E-state index contributed by atoms with van der Waals surface area (Å²) in [7, 11) is 0. The second-order valence-electron chi connectivity index (χ2n) is 7.45. The zero-order chi connectivity index (χ0) is 19.9. The van der Waals surface area contributed by atoms with Crippen molar-refractivity contribution in [2.24, 2.45) is 0 Å². The molecule has 2 N–H and O–H groups in total. The van der Waals surface area contributed by atoms with Crippen LogP contribution in [0.3, 0.4) is 0 Å². The lowest BCUT2D eigenvalue weighted by atomic mass is 9.95. The second kappa shape index (κ2) is 9.40. The van der Waals surface area contributed by atoms with Gasteiger partial charge in [-0.3, -0.25) is 9.59 Å². The van der Waals surface area contributed by atoms with Crippen LogP contribution < -0.4 is 15.4 Å². The highest BCUT2D eigenvalue weighted by Crippen LogP contribution is 2.19. The molecule has 1 unspecified atom stereocenters. The average molecular weight is 380 g/mol. The van der Waals surface area contributed by atoms with Gasteiger partial charge in [-0.05, 0) is 63.1 Å². The minimum atomic E-state index is -0.628. The van der Waals surface area contributed by atoms with Crippen LogP contribution in [0, 0.1) is 6.92 Å². The summed E-state index contributed by atoms with van der Waals surface area (Å²) in [6.07, 6.45) is 5.10. The number of hydrogen-bond acceptors (Lipinski definition) is 3. The average Bonchev–Trinajstić information content (AvgIpc) is 2.71. The molecule has 0 saturated heterocycles. The molecule has 1 saturated carbocycles. The van der Waals surface area contributed by atoms with Crippen LogP contribution in [0.25, 0.3) is 0 Å². The lowest BCUT2D eigenvalue weighted by Gasteiger charge is -2.22. The molecule has 0 heterocycles. The van der Waals surface area contributed by atoms with E-state index < -0.39 is 6.10 Å². The van der Waals surface area contributed by atoms with Gasteiger partial charge in [0.05, 0.1) is 0 Å². The summed E-state index contributed by atoms with van der Waals surface area (Å²) >= 11 is 0. The van der Waals surface area contributed by atoms with Crippen LogP contribution in [-0.2, 0) is 4.79 Å². The summed E-state index contributed by atoms with van der Waals surface area (Å²) in [4.78, 5) is 24.7. The predicted octanol–water partition coefficient (Wildman–Crippen LogP) is 4.46. The number of anilines is 1. The fourth-order valence-electron chi connectivity index (χ4n) is 3.34. The van der Waals surface area contributed by atoms with Crippen molar-refractivity contribution in [3.8, 4) is 5.75 Å². The van der Waals surface area contributed by atoms with Crippen LogP contribution in [0.5, 0.6) is 5.75 Å². The minimum Gasteiger partial charge on any atom is -0.481 e. The SMILES string of the molecule is Cc1ccc(OC(C)C(=O)Nc2ccc(C(=O)NC3CCCCC3)cc2)cc1. The maximum Gasteiger partial charge on any atom is 0.265 e. The maximum atomic E-state index is 12.4. The first-order chi connectivity index (χ1) is 13.5. The number of carbonyl (C=O) groups excluding carboxylic acids is 2. The first kappa shape index (κ1) is 19.9. The van der Waals surface area contributed by atoms with Gasteiger partial charge in [0.25, 0.3) is 11.8 Å². The van der Waals surface area contributed by atoms with E-state index in [1.807, 2.05) is 31.2 Å². The van der Waals surface area contributed by atoms with Gasteiger partial charge < -0.3 is 15.4 Å². The highest BCUT2D eigenvalue weighted by molar-refractivity contribution is 5.97. The van der Waals surface area contributed by atoms with Crippen LogP contribution in [0.2, 0.25) is 0 Å². The molecule has 148 valence electrons. The van der Waals surface area contributed by atoms with Crippen molar-refractivity contribution >= 4 is 17.5 Å². The number of ether oxygens (including phenoxy) is 1. The molecule has 5 nitrogen and oxygen atoms in total. The number of aryl methyl sites for hydroxylation is 1. The van der Waals surface area contributed by atoms with Crippen molar-refractivity contribution in [3.05, 3.63) is 59.7 Å². The quantitative estimate of drug-likeness (QED) is 0.777. The number of hydrogen-bond donors (Lipinski definition) is 2. The molecule has 0 aliphatic heterocycles. The summed E-state index contributed by atoms with van der Waals surface area (Å²) in [5.74, 6) is 0.365. The standard InChI is InChI=1S/C23H28N2O3/c1-16-8-14-21(15-9-16)28-17(2)22(26)24-20-12-10-18(11-13-20)23(27)25-19-6-4-3-5-7-19/h8-15,17,19H,3-7H2,1-2H3,(H,24,26)(H,25,27). The van der Waals surface area contributed by atoms with E-state index in [4.69, 9.17) is 4.74 Å². The first-order valence-corrected chi connectivity index (χ1v) is 9.96.